The van der Waals surface area contributed by atoms with Gasteiger partial charge in [0, 0.05) is 25.5 Å². The molecular formula is C26H30N8O3S. The number of likely N-dealkylation sites (N-methyl/N-ethyl adjacent to an activating group) is 1. The molecule has 1 aliphatic rings. The Balaban J connectivity index is 1.50. The van der Waals surface area contributed by atoms with E-state index in [1.54, 1.807) is 20.4 Å². The van der Waals surface area contributed by atoms with Crippen LogP contribution in [0.4, 0.5) is 28.8 Å². The van der Waals surface area contributed by atoms with Gasteiger partial charge >= 0.3 is 0 Å². The average Bonchev–Trinajstić information content (AvgIpc) is 3.66. The van der Waals surface area contributed by atoms with Crippen LogP contribution < -0.4 is 25.6 Å². The zero-order valence-corrected chi connectivity index (χ0v) is 22.7. The third-order valence-corrected chi connectivity index (χ3v) is 7.62. The summed E-state index contributed by atoms with van der Waals surface area (Å²) >= 11 is 1.35. The normalized spacial score (nSPS) is 13.5. The number of anilines is 5. The van der Waals surface area contributed by atoms with Crippen LogP contribution in [0.15, 0.2) is 35.8 Å². The van der Waals surface area contributed by atoms with Gasteiger partial charge in [-0.25, -0.2) is 0 Å². The topological polar surface area (TPSA) is 128 Å². The Bertz CT molecular complexity index is 1510. The van der Waals surface area contributed by atoms with Gasteiger partial charge in [-0.05, 0) is 62.6 Å². The lowest BCUT2D eigenvalue weighted by Gasteiger charge is -2.26. The van der Waals surface area contributed by atoms with Gasteiger partial charge in [0.15, 0.2) is 0 Å². The molecule has 4 aromatic rings. The molecule has 38 heavy (non-hydrogen) atoms. The lowest BCUT2D eigenvalue weighted by molar-refractivity contribution is -0.122. The molecule has 0 saturated carbocycles. The largest absolute Gasteiger partial charge is 0.495 e. The number of hydrogen-bond acceptors (Lipinski definition) is 9. The molecule has 5 rings (SSSR count). The Morgan fingerprint density at radius 3 is 2.74 bits per heavy atom. The number of benzene rings is 1. The number of H-pyrrole nitrogens is 1. The van der Waals surface area contributed by atoms with Crippen LogP contribution in [0.25, 0.3) is 11.0 Å². The maximum Gasteiger partial charge on any atom is 0.263 e. The van der Waals surface area contributed by atoms with Gasteiger partial charge in [-0.15, -0.1) is 11.3 Å². The Hall–Kier alpha value is -4.16. The van der Waals surface area contributed by atoms with E-state index in [2.05, 4.69) is 25.9 Å². The van der Waals surface area contributed by atoms with Crippen molar-refractivity contribution >= 4 is 63.0 Å². The van der Waals surface area contributed by atoms with Gasteiger partial charge in [-0.3, -0.25) is 14.5 Å². The maximum atomic E-state index is 13.2. The summed E-state index contributed by atoms with van der Waals surface area (Å²) in [6.45, 7) is 2.52. The molecule has 12 heteroatoms. The number of methoxy groups -OCH3 is 1. The Morgan fingerprint density at radius 2 is 2.00 bits per heavy atom. The fraction of sp³-hybridized carbons (Fsp3) is 0.308. The van der Waals surface area contributed by atoms with E-state index in [0.717, 1.165) is 23.1 Å². The van der Waals surface area contributed by atoms with Crippen LogP contribution in [-0.2, 0) is 11.2 Å². The van der Waals surface area contributed by atoms with Crippen LogP contribution in [0.5, 0.6) is 5.75 Å². The second kappa shape index (κ2) is 10.3. The number of amides is 2. The SMILES string of the molecule is CNC(=O)c1sccc1Nc1nc(Nc2cc3c(cc2OC)CCN3C(=O)[C@H](C)N(C)C)nc2[nH]ccc12. The molecule has 0 saturated heterocycles. The summed E-state index contributed by atoms with van der Waals surface area (Å²) in [5, 5.41) is 11.9. The summed E-state index contributed by atoms with van der Waals surface area (Å²) < 4.78 is 5.67. The van der Waals surface area contributed by atoms with Gasteiger partial charge in [0.1, 0.15) is 22.1 Å². The molecule has 4 N–H and O–H groups in total. The molecule has 198 valence electrons. The lowest BCUT2D eigenvalue weighted by Crippen LogP contribution is -2.43. The third-order valence-electron chi connectivity index (χ3n) is 6.71. The fourth-order valence-electron chi connectivity index (χ4n) is 4.39. The number of ether oxygens (including phenoxy) is 1. The van der Waals surface area contributed by atoms with E-state index in [4.69, 9.17) is 9.72 Å². The molecule has 0 fully saturated rings. The molecule has 11 nitrogen and oxygen atoms in total. The number of carbonyl (C=O) groups is 2. The number of nitrogens with zero attached hydrogens (tertiary/aromatic N) is 4. The summed E-state index contributed by atoms with van der Waals surface area (Å²) in [4.78, 5) is 42.2. The molecule has 1 aliphatic heterocycles. The first-order valence-corrected chi connectivity index (χ1v) is 13.1. The zero-order valence-electron chi connectivity index (χ0n) is 21.9. The van der Waals surface area contributed by atoms with Crippen LogP contribution in [-0.4, -0.2) is 72.5 Å². The number of carbonyl (C=O) groups excluding carboxylic acids is 2. The Labute approximate surface area is 224 Å². The summed E-state index contributed by atoms with van der Waals surface area (Å²) in [7, 11) is 7.00. The van der Waals surface area contributed by atoms with Crippen molar-refractivity contribution < 1.29 is 14.3 Å². The minimum Gasteiger partial charge on any atom is -0.495 e. The quantitative estimate of drug-likeness (QED) is 0.269. The number of nitrogens with one attached hydrogen (secondary N) is 4. The summed E-state index contributed by atoms with van der Waals surface area (Å²) in [6.07, 6.45) is 2.54. The molecule has 0 unspecified atom stereocenters. The fourth-order valence-corrected chi connectivity index (χ4v) is 5.19. The van der Waals surface area contributed by atoms with Crippen molar-refractivity contribution in [3.05, 3.63) is 46.3 Å². The van der Waals surface area contributed by atoms with E-state index >= 15 is 0 Å². The van der Waals surface area contributed by atoms with Crippen molar-refractivity contribution in [1.29, 1.82) is 0 Å². The van der Waals surface area contributed by atoms with Gasteiger partial charge in [-0.2, -0.15) is 9.97 Å². The molecule has 2 amide bonds. The smallest absolute Gasteiger partial charge is 0.263 e. The molecule has 4 heterocycles. The van der Waals surface area contributed by atoms with Crippen molar-refractivity contribution in [1.82, 2.24) is 25.2 Å². The van der Waals surface area contributed by atoms with E-state index in [-0.39, 0.29) is 17.9 Å². The molecule has 3 aromatic heterocycles. The highest BCUT2D eigenvalue weighted by atomic mass is 32.1. The maximum absolute atomic E-state index is 13.2. The molecule has 0 aliphatic carbocycles. The van der Waals surface area contributed by atoms with Gasteiger partial charge in [-0.1, -0.05) is 0 Å². The number of rotatable bonds is 8. The van der Waals surface area contributed by atoms with Gasteiger partial charge < -0.3 is 30.6 Å². The number of hydrogen-bond donors (Lipinski definition) is 4. The second-order valence-corrected chi connectivity index (χ2v) is 10.1. The van der Waals surface area contributed by atoms with E-state index in [1.165, 1.54) is 11.3 Å². The van der Waals surface area contributed by atoms with Crippen molar-refractivity contribution in [2.45, 2.75) is 19.4 Å². The first kappa shape index (κ1) is 25.5. The van der Waals surface area contributed by atoms with Crippen LogP contribution >= 0.6 is 11.3 Å². The van der Waals surface area contributed by atoms with Crippen LogP contribution in [0.3, 0.4) is 0 Å². The highest BCUT2D eigenvalue weighted by Crippen LogP contribution is 2.39. The molecule has 1 aromatic carbocycles. The third kappa shape index (κ3) is 4.63. The number of fused-ring (bicyclic) bond motifs is 2. The highest BCUT2D eigenvalue weighted by molar-refractivity contribution is 7.12. The molecule has 1 atom stereocenters. The highest BCUT2D eigenvalue weighted by Gasteiger charge is 2.30. The minimum atomic E-state index is -0.247. The van der Waals surface area contributed by atoms with Gasteiger partial charge in [0.25, 0.3) is 5.91 Å². The predicted octanol–water partition coefficient (Wildman–Crippen LogP) is 3.71. The average molecular weight is 535 g/mol. The molecule has 0 radical (unpaired) electrons. The standard InChI is InChI=1S/C26H30N8O3S/c1-14(33(3)4)25(36)34-10-7-15-12-20(37-5)18(13-19(15)34)30-26-31-22-16(6-9-28-22)23(32-26)29-17-8-11-38-21(17)24(35)27-2/h6,8-9,11-14H,7,10H2,1-5H3,(H,27,35)(H3,28,29,30,31,32)/t14-/m0/s1. The summed E-state index contributed by atoms with van der Waals surface area (Å²) in [6, 6.07) is 7.34. The second-order valence-electron chi connectivity index (χ2n) is 9.19. The van der Waals surface area contributed by atoms with Crippen molar-refractivity contribution in [2.24, 2.45) is 0 Å². The van der Waals surface area contributed by atoms with Crippen LogP contribution in [0.1, 0.15) is 22.2 Å². The number of thiophene rings is 1. The molecular weight excluding hydrogens is 504 g/mol. The predicted molar refractivity (Wildman–Crippen MR) is 150 cm³/mol. The van der Waals surface area contributed by atoms with E-state index in [0.29, 0.717) is 46.0 Å². The lowest BCUT2D eigenvalue weighted by atomic mass is 10.1. The van der Waals surface area contributed by atoms with Gasteiger partial charge in [0.05, 0.1) is 29.9 Å². The van der Waals surface area contributed by atoms with E-state index in [1.807, 2.05) is 60.5 Å². The van der Waals surface area contributed by atoms with Crippen molar-refractivity contribution in [3.63, 3.8) is 0 Å². The van der Waals surface area contributed by atoms with Crippen molar-refractivity contribution in [2.75, 3.05) is 50.3 Å². The summed E-state index contributed by atoms with van der Waals surface area (Å²) in [5.41, 5.74) is 3.81. The zero-order chi connectivity index (χ0) is 27.0. The monoisotopic (exact) mass is 534 g/mol. The Morgan fingerprint density at radius 1 is 1.18 bits per heavy atom. The van der Waals surface area contributed by atoms with Gasteiger partial charge in [0.2, 0.25) is 11.9 Å². The number of aromatic amines is 1. The van der Waals surface area contributed by atoms with Crippen molar-refractivity contribution in [3.8, 4) is 5.75 Å². The first-order chi connectivity index (χ1) is 18.3. The van der Waals surface area contributed by atoms with Crippen LogP contribution in [0, 0.1) is 0 Å². The van der Waals surface area contributed by atoms with E-state index in [9.17, 15) is 9.59 Å². The summed E-state index contributed by atoms with van der Waals surface area (Å²) in [5.74, 6) is 1.37. The first-order valence-electron chi connectivity index (χ1n) is 12.2. The van der Waals surface area contributed by atoms with Crippen LogP contribution in [0.2, 0.25) is 0 Å². The minimum absolute atomic E-state index is 0.0445. The molecule has 0 spiro atoms. The number of aromatic nitrogens is 3. The Kier molecular flexibility index (Phi) is 6.91. The van der Waals surface area contributed by atoms with E-state index < -0.39 is 0 Å². The molecule has 0 bridgehead atoms.